The highest BCUT2D eigenvalue weighted by Gasteiger charge is 2.31. The number of hydrogen-bond acceptors (Lipinski definition) is 2. The lowest BCUT2D eigenvalue weighted by Crippen LogP contribution is -2.45. The first-order chi connectivity index (χ1) is 6.70. The van der Waals surface area contributed by atoms with Crippen LogP contribution in [0.15, 0.2) is 11.8 Å². The van der Waals surface area contributed by atoms with Crippen LogP contribution in [0.4, 0.5) is 0 Å². The van der Waals surface area contributed by atoms with Crippen LogP contribution in [0.2, 0.25) is 0 Å². The molecule has 0 aliphatic carbocycles. The molecule has 88 valence electrons. The Morgan fingerprint density at radius 2 is 1.80 bits per heavy atom. The molecule has 0 aromatic rings. The molecule has 0 aromatic heterocycles. The minimum atomic E-state index is -0.230. The minimum absolute atomic E-state index is 0.0128. The van der Waals surface area contributed by atoms with Crippen molar-refractivity contribution in [2.24, 2.45) is 5.41 Å². The largest absolute Gasteiger partial charge is 0.475 e. The lowest BCUT2D eigenvalue weighted by molar-refractivity contribution is -0.147. The second kappa shape index (κ2) is 5.19. The summed E-state index contributed by atoms with van der Waals surface area (Å²) in [4.78, 5) is 13.0. The topological polar surface area (TPSA) is 29.5 Å². The first kappa shape index (κ1) is 14.0. The zero-order chi connectivity index (χ0) is 12.2. The summed E-state index contributed by atoms with van der Waals surface area (Å²) in [6.07, 6.45) is 1.67. The van der Waals surface area contributed by atoms with E-state index in [1.54, 1.807) is 18.9 Å². The zero-order valence-corrected chi connectivity index (χ0v) is 10.9. The maximum Gasteiger partial charge on any atom is 0.222 e. The molecule has 0 radical (unpaired) electrons. The number of rotatable bonds is 3. The summed E-state index contributed by atoms with van der Waals surface area (Å²) in [7, 11) is 1.77. The average molecular weight is 213 g/mol. The number of carbonyl (C=O) groups is 1. The van der Waals surface area contributed by atoms with Gasteiger partial charge in [0.05, 0.1) is 5.76 Å². The number of ether oxygens (including phenoxy) is 1. The Kier molecular flexibility index (Phi) is 4.85. The molecule has 3 nitrogen and oxygen atoms in total. The van der Waals surface area contributed by atoms with Gasteiger partial charge in [0.25, 0.3) is 0 Å². The van der Waals surface area contributed by atoms with Gasteiger partial charge in [0.2, 0.25) is 5.91 Å². The summed E-state index contributed by atoms with van der Waals surface area (Å²) in [6.45, 7) is 11.5. The molecule has 3 heteroatoms. The van der Waals surface area contributed by atoms with Crippen molar-refractivity contribution in [1.29, 1.82) is 0 Å². The molecule has 0 saturated carbocycles. The second-order valence-corrected chi connectivity index (χ2v) is 4.87. The van der Waals surface area contributed by atoms with Crippen molar-refractivity contribution < 1.29 is 9.53 Å². The summed E-state index contributed by atoms with van der Waals surface area (Å²) in [5.74, 6) is 0.849. The molecule has 0 spiro atoms. The number of allylic oxidation sites excluding steroid dienone is 2. The predicted molar refractivity (Wildman–Crippen MR) is 62.2 cm³/mol. The SMILES string of the molecule is C/C=C(\C)OC(N(C)C(C)=O)C(C)(C)C. The van der Waals surface area contributed by atoms with E-state index in [-0.39, 0.29) is 17.6 Å². The summed E-state index contributed by atoms with van der Waals surface area (Å²) in [5, 5.41) is 0. The summed E-state index contributed by atoms with van der Waals surface area (Å²) >= 11 is 0. The molecule has 0 aliphatic heterocycles. The highest BCUT2D eigenvalue weighted by Crippen LogP contribution is 2.26. The third kappa shape index (κ3) is 4.36. The number of amides is 1. The Hall–Kier alpha value is -0.990. The van der Waals surface area contributed by atoms with Gasteiger partial charge in [-0.15, -0.1) is 0 Å². The van der Waals surface area contributed by atoms with Crippen LogP contribution < -0.4 is 0 Å². The van der Waals surface area contributed by atoms with Gasteiger partial charge in [-0.25, -0.2) is 0 Å². The van der Waals surface area contributed by atoms with Crippen molar-refractivity contribution in [2.45, 2.75) is 47.8 Å². The maximum absolute atomic E-state index is 11.3. The van der Waals surface area contributed by atoms with E-state index in [1.807, 2.05) is 19.9 Å². The summed E-state index contributed by atoms with van der Waals surface area (Å²) in [5.41, 5.74) is -0.106. The van der Waals surface area contributed by atoms with Gasteiger partial charge in [0.1, 0.15) is 0 Å². The van der Waals surface area contributed by atoms with Crippen LogP contribution in [-0.4, -0.2) is 24.1 Å². The van der Waals surface area contributed by atoms with E-state index in [1.165, 1.54) is 0 Å². The van der Waals surface area contributed by atoms with Crippen LogP contribution in [0.3, 0.4) is 0 Å². The molecule has 0 fully saturated rings. The molecule has 0 rings (SSSR count). The molecule has 0 saturated heterocycles. The number of nitrogens with zero attached hydrogens (tertiary/aromatic N) is 1. The van der Waals surface area contributed by atoms with Gasteiger partial charge in [-0.1, -0.05) is 20.8 Å². The highest BCUT2D eigenvalue weighted by molar-refractivity contribution is 5.73. The maximum atomic E-state index is 11.3. The Labute approximate surface area is 93.1 Å². The van der Waals surface area contributed by atoms with E-state index >= 15 is 0 Å². The van der Waals surface area contributed by atoms with Gasteiger partial charge in [-0.2, -0.15) is 0 Å². The Balaban J connectivity index is 4.83. The van der Waals surface area contributed by atoms with E-state index in [0.29, 0.717) is 0 Å². The summed E-state index contributed by atoms with van der Waals surface area (Å²) in [6, 6.07) is 0. The van der Waals surface area contributed by atoms with Crippen molar-refractivity contribution in [3.05, 3.63) is 11.8 Å². The summed E-state index contributed by atoms with van der Waals surface area (Å²) < 4.78 is 5.75. The monoisotopic (exact) mass is 213 g/mol. The fourth-order valence-electron chi connectivity index (χ4n) is 1.25. The Bertz CT molecular complexity index is 251. The predicted octanol–water partition coefficient (Wildman–Crippen LogP) is 2.78. The minimum Gasteiger partial charge on any atom is -0.475 e. The molecule has 1 atom stereocenters. The van der Waals surface area contributed by atoms with Gasteiger partial charge < -0.3 is 9.64 Å². The van der Waals surface area contributed by atoms with E-state index in [9.17, 15) is 4.79 Å². The molecule has 0 N–H and O–H groups in total. The van der Waals surface area contributed by atoms with Crippen molar-refractivity contribution in [2.75, 3.05) is 7.05 Å². The van der Waals surface area contributed by atoms with Crippen LogP contribution >= 0.6 is 0 Å². The van der Waals surface area contributed by atoms with Crippen LogP contribution in [0.5, 0.6) is 0 Å². The fraction of sp³-hybridized carbons (Fsp3) is 0.750. The van der Waals surface area contributed by atoms with E-state index in [2.05, 4.69) is 20.8 Å². The van der Waals surface area contributed by atoms with Gasteiger partial charge >= 0.3 is 0 Å². The van der Waals surface area contributed by atoms with Crippen molar-refractivity contribution >= 4 is 5.91 Å². The van der Waals surface area contributed by atoms with Gasteiger partial charge in [0.15, 0.2) is 6.23 Å². The van der Waals surface area contributed by atoms with Crippen LogP contribution in [-0.2, 0) is 9.53 Å². The van der Waals surface area contributed by atoms with Gasteiger partial charge in [0, 0.05) is 19.4 Å². The van der Waals surface area contributed by atoms with Gasteiger partial charge in [-0.05, 0) is 19.9 Å². The molecule has 0 bridgehead atoms. The van der Waals surface area contributed by atoms with Crippen molar-refractivity contribution in [3.8, 4) is 0 Å². The van der Waals surface area contributed by atoms with Crippen molar-refractivity contribution in [3.63, 3.8) is 0 Å². The second-order valence-electron chi connectivity index (χ2n) is 4.87. The van der Waals surface area contributed by atoms with E-state index in [4.69, 9.17) is 4.74 Å². The molecular formula is C12H23NO2. The fourth-order valence-corrected chi connectivity index (χ4v) is 1.25. The first-order valence-corrected chi connectivity index (χ1v) is 5.23. The molecule has 0 aromatic carbocycles. The third-order valence-electron chi connectivity index (χ3n) is 2.29. The normalized spacial score (nSPS) is 14.7. The van der Waals surface area contributed by atoms with Crippen LogP contribution in [0.25, 0.3) is 0 Å². The van der Waals surface area contributed by atoms with Crippen molar-refractivity contribution in [1.82, 2.24) is 4.90 Å². The molecule has 1 unspecified atom stereocenters. The first-order valence-electron chi connectivity index (χ1n) is 5.23. The molecular weight excluding hydrogens is 190 g/mol. The molecule has 0 aliphatic rings. The molecule has 15 heavy (non-hydrogen) atoms. The van der Waals surface area contributed by atoms with Gasteiger partial charge in [-0.3, -0.25) is 4.79 Å². The van der Waals surface area contributed by atoms with E-state index in [0.717, 1.165) is 5.76 Å². The standard InChI is InChI=1S/C12H23NO2/c1-8-9(2)15-11(12(4,5)6)13(7)10(3)14/h8,11H,1-7H3/b9-8+. The molecule has 1 amide bonds. The highest BCUT2D eigenvalue weighted by atomic mass is 16.5. The number of hydrogen-bond donors (Lipinski definition) is 0. The van der Waals surface area contributed by atoms with E-state index < -0.39 is 0 Å². The quantitative estimate of drug-likeness (QED) is 0.533. The third-order valence-corrected chi connectivity index (χ3v) is 2.29. The van der Waals surface area contributed by atoms with Crippen LogP contribution in [0.1, 0.15) is 41.5 Å². The molecule has 0 heterocycles. The average Bonchev–Trinajstić information content (AvgIpc) is 2.10. The lowest BCUT2D eigenvalue weighted by atomic mass is 9.93. The Morgan fingerprint density at radius 3 is 2.07 bits per heavy atom. The van der Waals surface area contributed by atoms with Crippen LogP contribution in [0, 0.1) is 5.41 Å². The zero-order valence-electron chi connectivity index (χ0n) is 10.9. The lowest BCUT2D eigenvalue weighted by Gasteiger charge is -2.37. The smallest absolute Gasteiger partial charge is 0.222 e. The Morgan fingerprint density at radius 1 is 1.33 bits per heavy atom. The number of carbonyl (C=O) groups excluding carboxylic acids is 1.